The average Bonchev–Trinajstić information content (AvgIpc) is 2.74. The number of aryl methyl sites for hydroxylation is 1. The Bertz CT molecular complexity index is 520. The number of hydrogen-bond acceptors (Lipinski definition) is 3. The molecule has 0 radical (unpaired) electrons. The number of carboxylic acid groups (broad SMARTS) is 1. The van der Waals surface area contributed by atoms with Crippen molar-refractivity contribution in [3.63, 3.8) is 0 Å². The maximum absolute atomic E-state index is 11.3. The van der Waals surface area contributed by atoms with Gasteiger partial charge in [-0.1, -0.05) is 36.8 Å². The van der Waals surface area contributed by atoms with E-state index in [9.17, 15) is 9.90 Å². The Balaban J connectivity index is 2.52. The lowest BCUT2D eigenvalue weighted by molar-refractivity contribution is 0.0685. The fraction of sp³-hybridized carbons (Fsp3) is 0.250. The summed E-state index contributed by atoms with van der Waals surface area (Å²) in [4.78, 5) is 11.3. The third-order valence-corrected chi connectivity index (χ3v) is 2.43. The van der Waals surface area contributed by atoms with E-state index in [1.165, 1.54) is 4.68 Å². The van der Waals surface area contributed by atoms with Crippen LogP contribution in [0.4, 0.5) is 0 Å². The smallest absolute Gasteiger partial charge is 0.356 e. The third-order valence-electron chi connectivity index (χ3n) is 2.43. The van der Waals surface area contributed by atoms with Crippen molar-refractivity contribution in [3.05, 3.63) is 41.7 Å². The molecule has 0 aliphatic rings. The summed E-state index contributed by atoms with van der Waals surface area (Å²) in [6.45, 7) is 1.98. The molecule has 1 N–H and O–H groups in total. The number of carboxylic acids is 1. The molecule has 5 heteroatoms. The van der Waals surface area contributed by atoms with Crippen LogP contribution >= 0.6 is 0 Å². The first kappa shape index (κ1) is 11.3. The molecule has 88 valence electrons. The number of aromatic nitrogens is 3. The van der Waals surface area contributed by atoms with Crippen molar-refractivity contribution in [2.45, 2.75) is 19.8 Å². The molecule has 0 aliphatic heterocycles. The molecule has 0 amide bonds. The lowest BCUT2D eigenvalue weighted by Gasteiger charge is -2.03. The molecule has 2 rings (SSSR count). The van der Waals surface area contributed by atoms with Gasteiger partial charge in [0.1, 0.15) is 0 Å². The number of hydrogen-bond donors (Lipinski definition) is 1. The summed E-state index contributed by atoms with van der Waals surface area (Å²) in [7, 11) is 0. The zero-order valence-electron chi connectivity index (χ0n) is 9.50. The minimum atomic E-state index is -0.998. The Morgan fingerprint density at radius 1 is 1.35 bits per heavy atom. The van der Waals surface area contributed by atoms with Gasteiger partial charge in [-0.25, -0.2) is 9.48 Å². The van der Waals surface area contributed by atoms with Gasteiger partial charge in [-0.15, -0.1) is 5.10 Å². The van der Waals surface area contributed by atoms with Crippen LogP contribution in [0.15, 0.2) is 30.3 Å². The van der Waals surface area contributed by atoms with Crippen molar-refractivity contribution in [1.29, 1.82) is 0 Å². The lowest BCUT2D eigenvalue weighted by Crippen LogP contribution is -2.10. The van der Waals surface area contributed by atoms with Crippen LogP contribution < -0.4 is 0 Å². The van der Waals surface area contributed by atoms with Crippen LogP contribution in [0.2, 0.25) is 0 Å². The molecule has 0 spiro atoms. The predicted molar refractivity (Wildman–Crippen MR) is 62.3 cm³/mol. The summed E-state index contributed by atoms with van der Waals surface area (Å²) in [5.41, 5.74) is 1.39. The van der Waals surface area contributed by atoms with Crippen LogP contribution in [0.1, 0.15) is 29.5 Å². The molecule has 1 aromatic heterocycles. The van der Waals surface area contributed by atoms with Crippen molar-refractivity contribution in [1.82, 2.24) is 15.0 Å². The Labute approximate surface area is 98.7 Å². The SMILES string of the molecule is CCCc1nnn(-c2ccccc2)c1C(=O)O. The maximum Gasteiger partial charge on any atom is 0.356 e. The second-order valence-corrected chi connectivity index (χ2v) is 3.69. The summed E-state index contributed by atoms with van der Waals surface area (Å²) < 4.78 is 1.37. The Morgan fingerprint density at radius 2 is 2.06 bits per heavy atom. The molecule has 0 fully saturated rings. The summed E-state index contributed by atoms with van der Waals surface area (Å²) in [6, 6.07) is 9.14. The van der Waals surface area contributed by atoms with E-state index in [4.69, 9.17) is 0 Å². The molecule has 5 nitrogen and oxygen atoms in total. The van der Waals surface area contributed by atoms with Crippen molar-refractivity contribution < 1.29 is 9.90 Å². The molecular weight excluding hydrogens is 218 g/mol. The van der Waals surface area contributed by atoms with E-state index in [-0.39, 0.29) is 5.69 Å². The second kappa shape index (κ2) is 4.78. The molecule has 0 aliphatic carbocycles. The molecule has 17 heavy (non-hydrogen) atoms. The van der Waals surface area contributed by atoms with Gasteiger partial charge in [0.2, 0.25) is 0 Å². The largest absolute Gasteiger partial charge is 0.476 e. The third kappa shape index (κ3) is 2.18. The topological polar surface area (TPSA) is 68.0 Å². The van der Waals surface area contributed by atoms with E-state index < -0.39 is 5.97 Å². The normalized spacial score (nSPS) is 10.4. The summed E-state index contributed by atoms with van der Waals surface area (Å²) in [6.07, 6.45) is 1.46. The first-order chi connectivity index (χ1) is 8.24. The molecule has 2 aromatic rings. The van der Waals surface area contributed by atoms with Gasteiger partial charge in [-0.05, 0) is 18.6 Å². The maximum atomic E-state index is 11.3. The first-order valence-corrected chi connectivity index (χ1v) is 5.47. The quantitative estimate of drug-likeness (QED) is 0.872. The number of nitrogens with zero attached hydrogens (tertiary/aromatic N) is 3. The van der Waals surface area contributed by atoms with E-state index in [1.54, 1.807) is 12.1 Å². The van der Waals surface area contributed by atoms with Gasteiger partial charge >= 0.3 is 5.97 Å². The summed E-state index contributed by atoms with van der Waals surface area (Å²) in [5, 5.41) is 17.1. The van der Waals surface area contributed by atoms with Crippen LogP contribution in [0.5, 0.6) is 0 Å². The van der Waals surface area contributed by atoms with Crippen molar-refractivity contribution in [2.24, 2.45) is 0 Å². The Kier molecular flexibility index (Phi) is 3.18. The zero-order chi connectivity index (χ0) is 12.3. The molecule has 0 atom stereocenters. The van der Waals surface area contributed by atoms with E-state index in [2.05, 4.69) is 10.3 Å². The molecule has 0 unspecified atom stereocenters. The highest BCUT2D eigenvalue weighted by Crippen LogP contribution is 2.14. The van der Waals surface area contributed by atoms with Crippen LogP contribution in [0.3, 0.4) is 0 Å². The standard InChI is InChI=1S/C12H13N3O2/c1-2-6-10-11(12(16)17)15(14-13-10)9-7-4-3-5-8-9/h3-5,7-8H,2,6H2,1H3,(H,16,17). The molecular formula is C12H13N3O2. The highest BCUT2D eigenvalue weighted by Gasteiger charge is 2.19. The first-order valence-electron chi connectivity index (χ1n) is 5.47. The van der Waals surface area contributed by atoms with E-state index in [0.717, 1.165) is 6.42 Å². The van der Waals surface area contributed by atoms with Crippen LogP contribution in [0, 0.1) is 0 Å². The van der Waals surface area contributed by atoms with E-state index in [1.807, 2.05) is 25.1 Å². The number of carbonyl (C=O) groups is 1. The van der Waals surface area contributed by atoms with Crippen molar-refractivity contribution >= 4 is 5.97 Å². The van der Waals surface area contributed by atoms with Gasteiger partial charge in [0.05, 0.1) is 11.4 Å². The number of para-hydroxylation sites is 1. The Morgan fingerprint density at radius 3 is 2.65 bits per heavy atom. The molecule has 1 aromatic carbocycles. The summed E-state index contributed by atoms with van der Waals surface area (Å²) >= 11 is 0. The fourth-order valence-corrected chi connectivity index (χ4v) is 1.68. The highest BCUT2D eigenvalue weighted by atomic mass is 16.4. The predicted octanol–water partition coefficient (Wildman–Crippen LogP) is 1.92. The number of aromatic carboxylic acids is 1. The van der Waals surface area contributed by atoms with Gasteiger partial charge in [-0.2, -0.15) is 0 Å². The van der Waals surface area contributed by atoms with Gasteiger partial charge in [0, 0.05) is 0 Å². The molecule has 0 saturated heterocycles. The van der Waals surface area contributed by atoms with E-state index >= 15 is 0 Å². The van der Waals surface area contributed by atoms with Crippen LogP contribution in [-0.4, -0.2) is 26.1 Å². The number of benzene rings is 1. The van der Waals surface area contributed by atoms with E-state index in [0.29, 0.717) is 17.8 Å². The van der Waals surface area contributed by atoms with Gasteiger partial charge in [0.15, 0.2) is 5.69 Å². The van der Waals surface area contributed by atoms with Crippen molar-refractivity contribution in [2.75, 3.05) is 0 Å². The van der Waals surface area contributed by atoms with Gasteiger partial charge < -0.3 is 5.11 Å². The van der Waals surface area contributed by atoms with Gasteiger partial charge in [0.25, 0.3) is 0 Å². The molecule has 1 heterocycles. The number of rotatable bonds is 4. The monoisotopic (exact) mass is 231 g/mol. The Hall–Kier alpha value is -2.17. The molecule has 0 bridgehead atoms. The zero-order valence-corrected chi connectivity index (χ0v) is 9.50. The lowest BCUT2D eigenvalue weighted by atomic mass is 10.2. The molecule has 0 saturated carbocycles. The van der Waals surface area contributed by atoms with Gasteiger partial charge in [-0.3, -0.25) is 0 Å². The minimum absolute atomic E-state index is 0.151. The average molecular weight is 231 g/mol. The summed E-state index contributed by atoms with van der Waals surface area (Å²) in [5.74, 6) is -0.998. The fourth-order valence-electron chi connectivity index (χ4n) is 1.68. The second-order valence-electron chi connectivity index (χ2n) is 3.69. The van der Waals surface area contributed by atoms with Crippen molar-refractivity contribution in [3.8, 4) is 5.69 Å². The highest BCUT2D eigenvalue weighted by molar-refractivity contribution is 5.87. The van der Waals surface area contributed by atoms with Crippen LogP contribution in [0.25, 0.3) is 5.69 Å². The van der Waals surface area contributed by atoms with Crippen LogP contribution in [-0.2, 0) is 6.42 Å². The minimum Gasteiger partial charge on any atom is -0.476 e.